The normalized spacial score (nSPS) is 17.0. The van der Waals surface area contributed by atoms with E-state index < -0.39 is 24.5 Å². The van der Waals surface area contributed by atoms with Gasteiger partial charge in [-0.25, -0.2) is 4.79 Å². The number of benzene rings is 1. The summed E-state index contributed by atoms with van der Waals surface area (Å²) in [5.74, 6) is -2.67. The first-order valence-corrected chi connectivity index (χ1v) is 7.71. The summed E-state index contributed by atoms with van der Waals surface area (Å²) in [7, 11) is 0. The summed E-state index contributed by atoms with van der Waals surface area (Å²) in [5.41, 5.74) is 1.25. The molecule has 1 aromatic rings. The zero-order valence-corrected chi connectivity index (χ0v) is 13.1. The number of aliphatic hydroxyl groups is 1. The minimum absolute atomic E-state index is 0.0449. The molecule has 7 heteroatoms. The molecule has 3 N–H and O–H groups in total. The van der Waals surface area contributed by atoms with Crippen LogP contribution in [-0.4, -0.2) is 46.3 Å². The number of ketones is 2. The quantitative estimate of drug-likeness (QED) is 0.748. The van der Waals surface area contributed by atoms with Crippen molar-refractivity contribution in [3.63, 3.8) is 0 Å². The standard InChI is InChI=1S/C18H15NO6/c20-8-14(18(24)25)19-17(23)9-5-6-12-13(7-9)16(22)11-4-2-1-3-10(11)15(12)21/h2,4-7,14,20H,1,3,8H2,(H,19,23)(H,24,25). The fourth-order valence-corrected chi connectivity index (χ4v) is 2.92. The Morgan fingerprint density at radius 3 is 2.60 bits per heavy atom. The van der Waals surface area contributed by atoms with Gasteiger partial charge in [0.05, 0.1) is 6.61 Å². The molecule has 0 radical (unpaired) electrons. The topological polar surface area (TPSA) is 121 Å². The molecule has 0 aliphatic heterocycles. The largest absolute Gasteiger partial charge is 0.480 e. The number of nitrogens with one attached hydrogen (secondary N) is 1. The van der Waals surface area contributed by atoms with Crippen LogP contribution in [0.25, 0.3) is 0 Å². The van der Waals surface area contributed by atoms with Crippen LogP contribution >= 0.6 is 0 Å². The van der Waals surface area contributed by atoms with Crippen molar-refractivity contribution in [2.24, 2.45) is 0 Å². The number of fused-ring (bicyclic) bond motifs is 1. The Bertz CT molecular complexity index is 864. The first-order valence-electron chi connectivity index (χ1n) is 7.71. The van der Waals surface area contributed by atoms with Gasteiger partial charge >= 0.3 is 5.97 Å². The molecule has 0 saturated heterocycles. The summed E-state index contributed by atoms with van der Waals surface area (Å²) in [4.78, 5) is 48.2. The SMILES string of the molecule is O=C(NC(CO)C(=O)O)c1ccc2c(c1)C(=O)C1=C(CCC=C1)C2=O. The summed E-state index contributed by atoms with van der Waals surface area (Å²) >= 11 is 0. The van der Waals surface area contributed by atoms with E-state index in [2.05, 4.69) is 5.32 Å². The Hall–Kier alpha value is -3.06. The molecule has 0 spiro atoms. The maximum Gasteiger partial charge on any atom is 0.328 e. The van der Waals surface area contributed by atoms with Crippen LogP contribution in [-0.2, 0) is 4.79 Å². The number of hydrogen-bond acceptors (Lipinski definition) is 5. The lowest BCUT2D eigenvalue weighted by atomic mass is 9.79. The van der Waals surface area contributed by atoms with Crippen LogP contribution in [0.1, 0.15) is 43.9 Å². The van der Waals surface area contributed by atoms with Gasteiger partial charge in [0, 0.05) is 27.8 Å². The Morgan fingerprint density at radius 1 is 1.16 bits per heavy atom. The summed E-state index contributed by atoms with van der Waals surface area (Å²) in [6.45, 7) is -0.759. The molecule has 3 rings (SSSR count). The van der Waals surface area contributed by atoms with E-state index >= 15 is 0 Å². The van der Waals surface area contributed by atoms with E-state index in [0.29, 0.717) is 24.0 Å². The van der Waals surface area contributed by atoms with Gasteiger partial charge in [0.25, 0.3) is 5.91 Å². The van der Waals surface area contributed by atoms with Crippen LogP contribution in [0.2, 0.25) is 0 Å². The molecule has 128 valence electrons. The highest BCUT2D eigenvalue weighted by Gasteiger charge is 2.32. The van der Waals surface area contributed by atoms with Gasteiger partial charge in [-0.05, 0) is 31.0 Å². The van der Waals surface area contributed by atoms with Crippen molar-refractivity contribution in [3.05, 3.63) is 58.2 Å². The van der Waals surface area contributed by atoms with E-state index in [0.717, 1.165) is 0 Å². The fraction of sp³-hybridized carbons (Fsp3) is 0.222. The van der Waals surface area contributed by atoms with Crippen LogP contribution in [0, 0.1) is 0 Å². The predicted molar refractivity (Wildman–Crippen MR) is 86.5 cm³/mol. The lowest BCUT2D eigenvalue weighted by molar-refractivity contribution is -0.140. The fourth-order valence-electron chi connectivity index (χ4n) is 2.92. The first-order chi connectivity index (χ1) is 11.9. The molecule has 0 aromatic heterocycles. The molecule has 2 aliphatic carbocycles. The van der Waals surface area contributed by atoms with Crippen LogP contribution in [0.15, 0.2) is 41.5 Å². The number of carbonyl (C=O) groups excluding carboxylic acids is 3. The average Bonchev–Trinajstić information content (AvgIpc) is 2.63. The number of carboxylic acid groups (broad SMARTS) is 1. The summed E-state index contributed by atoms with van der Waals surface area (Å²) in [6.07, 6.45) is 4.66. The van der Waals surface area contributed by atoms with E-state index in [1.807, 2.05) is 6.08 Å². The predicted octanol–water partition coefficient (Wildman–Crippen LogP) is 0.888. The second-order valence-electron chi connectivity index (χ2n) is 5.80. The molecule has 1 amide bonds. The molecule has 0 fully saturated rings. The number of rotatable bonds is 4. The third-order valence-electron chi connectivity index (χ3n) is 4.25. The minimum atomic E-state index is -1.45. The maximum absolute atomic E-state index is 12.6. The molecule has 1 unspecified atom stereocenters. The molecule has 7 nitrogen and oxygen atoms in total. The summed E-state index contributed by atoms with van der Waals surface area (Å²) < 4.78 is 0. The smallest absolute Gasteiger partial charge is 0.328 e. The third kappa shape index (κ3) is 2.89. The van der Waals surface area contributed by atoms with E-state index in [1.54, 1.807) is 6.08 Å². The van der Waals surface area contributed by atoms with Gasteiger partial charge in [-0.1, -0.05) is 12.2 Å². The number of carbonyl (C=O) groups is 4. The van der Waals surface area contributed by atoms with E-state index in [9.17, 15) is 19.2 Å². The number of aliphatic carboxylic acids is 1. The van der Waals surface area contributed by atoms with E-state index in [4.69, 9.17) is 10.2 Å². The molecule has 25 heavy (non-hydrogen) atoms. The zero-order chi connectivity index (χ0) is 18.1. The lowest BCUT2D eigenvalue weighted by Gasteiger charge is -2.22. The van der Waals surface area contributed by atoms with Gasteiger partial charge in [-0.15, -0.1) is 0 Å². The number of Topliss-reactive ketones (excluding diaryl/α,β-unsaturated/α-hetero) is 2. The summed E-state index contributed by atoms with van der Waals surface area (Å²) in [6, 6.07) is 2.60. The van der Waals surface area contributed by atoms with Crippen molar-refractivity contribution in [1.82, 2.24) is 5.32 Å². The van der Waals surface area contributed by atoms with Crippen molar-refractivity contribution >= 4 is 23.4 Å². The zero-order valence-electron chi connectivity index (χ0n) is 13.1. The Labute approximate surface area is 142 Å². The van der Waals surface area contributed by atoms with Gasteiger partial charge in [-0.2, -0.15) is 0 Å². The van der Waals surface area contributed by atoms with Crippen molar-refractivity contribution in [2.75, 3.05) is 6.61 Å². The second kappa shape index (κ2) is 6.45. The monoisotopic (exact) mass is 341 g/mol. The Kier molecular flexibility index (Phi) is 4.33. The third-order valence-corrected chi connectivity index (χ3v) is 4.25. The molecule has 1 atom stereocenters. The van der Waals surface area contributed by atoms with Crippen LogP contribution < -0.4 is 5.32 Å². The highest BCUT2D eigenvalue weighted by Crippen LogP contribution is 2.32. The minimum Gasteiger partial charge on any atom is -0.480 e. The van der Waals surface area contributed by atoms with Crippen molar-refractivity contribution in [2.45, 2.75) is 18.9 Å². The Balaban J connectivity index is 1.95. The first kappa shape index (κ1) is 16.8. The van der Waals surface area contributed by atoms with Gasteiger partial charge in [0.1, 0.15) is 0 Å². The molecule has 0 saturated carbocycles. The van der Waals surface area contributed by atoms with Crippen LogP contribution in [0.4, 0.5) is 0 Å². The van der Waals surface area contributed by atoms with Gasteiger partial charge < -0.3 is 15.5 Å². The van der Waals surface area contributed by atoms with E-state index in [-0.39, 0.29) is 28.3 Å². The molecule has 0 heterocycles. The average molecular weight is 341 g/mol. The number of aliphatic hydroxyl groups excluding tert-OH is 1. The van der Waals surface area contributed by atoms with Gasteiger partial charge in [0.2, 0.25) is 0 Å². The number of allylic oxidation sites excluding steroid dienone is 4. The molecular formula is C18H15NO6. The summed E-state index contributed by atoms with van der Waals surface area (Å²) in [5, 5.41) is 20.0. The maximum atomic E-state index is 12.6. The van der Waals surface area contributed by atoms with Crippen molar-refractivity contribution in [1.29, 1.82) is 0 Å². The van der Waals surface area contributed by atoms with Gasteiger partial charge in [0.15, 0.2) is 17.6 Å². The molecule has 0 bridgehead atoms. The highest BCUT2D eigenvalue weighted by atomic mass is 16.4. The van der Waals surface area contributed by atoms with Crippen LogP contribution in [0.3, 0.4) is 0 Å². The lowest BCUT2D eigenvalue weighted by Crippen LogP contribution is -2.43. The molecular weight excluding hydrogens is 326 g/mol. The van der Waals surface area contributed by atoms with Crippen molar-refractivity contribution in [3.8, 4) is 0 Å². The molecule has 2 aliphatic rings. The highest BCUT2D eigenvalue weighted by molar-refractivity contribution is 6.28. The second-order valence-corrected chi connectivity index (χ2v) is 5.80. The number of hydrogen-bond donors (Lipinski definition) is 3. The van der Waals surface area contributed by atoms with Crippen LogP contribution in [0.5, 0.6) is 0 Å². The number of amides is 1. The Morgan fingerprint density at radius 2 is 1.92 bits per heavy atom. The van der Waals surface area contributed by atoms with Gasteiger partial charge in [-0.3, -0.25) is 14.4 Å². The number of carboxylic acids is 1. The van der Waals surface area contributed by atoms with Crippen molar-refractivity contribution < 1.29 is 29.4 Å². The van der Waals surface area contributed by atoms with E-state index in [1.165, 1.54) is 18.2 Å². The molecule has 1 aromatic carbocycles.